The van der Waals surface area contributed by atoms with E-state index >= 15 is 0 Å². The Morgan fingerprint density at radius 1 is 1.53 bits per heavy atom. The Morgan fingerprint density at radius 3 is 3.12 bits per heavy atom. The van der Waals surface area contributed by atoms with Gasteiger partial charge >= 0.3 is 5.97 Å². The van der Waals surface area contributed by atoms with E-state index in [-0.39, 0.29) is 11.7 Å². The zero-order valence-electron chi connectivity index (χ0n) is 8.55. The predicted octanol–water partition coefficient (Wildman–Crippen LogP) is 1.64. The molecule has 0 aliphatic carbocycles. The van der Waals surface area contributed by atoms with E-state index in [2.05, 4.69) is 9.37 Å². The SMILES string of the molecule is COC(=O)c1sc2snc3c2c1N=C([O-])CS3. The van der Waals surface area contributed by atoms with Crippen molar-refractivity contribution in [3.8, 4) is 0 Å². The number of hydrogen-bond acceptors (Lipinski definition) is 8. The van der Waals surface area contributed by atoms with Gasteiger partial charge in [0.2, 0.25) is 0 Å². The van der Waals surface area contributed by atoms with Crippen LogP contribution >= 0.6 is 34.6 Å². The first kappa shape index (κ1) is 11.0. The summed E-state index contributed by atoms with van der Waals surface area (Å²) >= 11 is 3.96. The lowest BCUT2D eigenvalue weighted by Gasteiger charge is -2.05. The molecule has 2 aromatic rings. The molecule has 8 heteroatoms. The van der Waals surface area contributed by atoms with E-state index in [1.165, 1.54) is 41.7 Å². The maximum Gasteiger partial charge on any atom is 0.350 e. The van der Waals surface area contributed by atoms with E-state index < -0.39 is 5.97 Å². The van der Waals surface area contributed by atoms with Gasteiger partial charge in [0, 0.05) is 5.75 Å². The summed E-state index contributed by atoms with van der Waals surface area (Å²) in [7, 11) is 1.31. The van der Waals surface area contributed by atoms with Crippen molar-refractivity contribution in [1.82, 2.24) is 4.37 Å². The first-order valence-corrected chi connectivity index (χ1v) is 7.16. The Bertz CT molecular complexity index is 643. The van der Waals surface area contributed by atoms with Crippen molar-refractivity contribution in [3.05, 3.63) is 4.88 Å². The molecule has 5 nitrogen and oxygen atoms in total. The number of esters is 1. The fourth-order valence-corrected chi connectivity index (χ4v) is 4.57. The largest absolute Gasteiger partial charge is 0.861 e. The molecule has 0 spiro atoms. The molecular weight excluding hydrogens is 280 g/mol. The third kappa shape index (κ3) is 1.63. The molecule has 3 rings (SSSR count). The number of aliphatic imine (C=N–C) groups is 1. The van der Waals surface area contributed by atoms with Gasteiger partial charge in [0.1, 0.15) is 13.9 Å². The van der Waals surface area contributed by atoms with Gasteiger partial charge in [-0.1, -0.05) is 11.8 Å². The number of nitrogens with zero attached hydrogens (tertiary/aromatic N) is 2. The van der Waals surface area contributed by atoms with E-state index in [0.717, 1.165) is 14.4 Å². The summed E-state index contributed by atoms with van der Waals surface area (Å²) in [6.45, 7) is 0. The fourth-order valence-electron chi connectivity index (χ4n) is 1.51. The van der Waals surface area contributed by atoms with Gasteiger partial charge in [0.05, 0.1) is 18.2 Å². The highest BCUT2D eigenvalue weighted by Crippen LogP contribution is 2.46. The molecule has 0 unspecified atom stereocenters. The number of carbonyl (C=O) groups is 1. The molecule has 17 heavy (non-hydrogen) atoms. The average Bonchev–Trinajstić information content (AvgIpc) is 2.81. The number of hydrogen-bond donors (Lipinski definition) is 0. The second-order valence-electron chi connectivity index (χ2n) is 3.22. The molecule has 0 aromatic carbocycles. The van der Waals surface area contributed by atoms with Crippen LogP contribution in [0.5, 0.6) is 0 Å². The van der Waals surface area contributed by atoms with Crippen LogP contribution in [0.15, 0.2) is 10.0 Å². The summed E-state index contributed by atoms with van der Waals surface area (Å²) in [6, 6.07) is 0. The number of ether oxygens (including phenoxy) is 1. The molecule has 2 aromatic heterocycles. The molecule has 0 bridgehead atoms. The lowest BCUT2D eigenvalue weighted by atomic mass is 10.3. The second kappa shape index (κ2) is 3.97. The number of carbonyl (C=O) groups excluding carboxylic acids is 1. The van der Waals surface area contributed by atoms with Crippen LogP contribution in [0.3, 0.4) is 0 Å². The van der Waals surface area contributed by atoms with Gasteiger partial charge in [-0.2, -0.15) is 4.37 Å². The number of aromatic nitrogens is 1. The Kier molecular flexibility index (Phi) is 2.57. The molecule has 0 saturated carbocycles. The highest BCUT2D eigenvalue weighted by molar-refractivity contribution is 8.00. The molecule has 88 valence electrons. The minimum absolute atomic E-state index is 0.247. The van der Waals surface area contributed by atoms with Gasteiger partial charge in [-0.3, -0.25) is 4.99 Å². The van der Waals surface area contributed by atoms with Crippen LogP contribution in [0, 0.1) is 0 Å². The van der Waals surface area contributed by atoms with Crippen molar-refractivity contribution in [1.29, 1.82) is 0 Å². The summed E-state index contributed by atoms with van der Waals surface area (Å²) in [6.07, 6.45) is 0. The highest BCUT2D eigenvalue weighted by Gasteiger charge is 2.24. The maximum atomic E-state index is 11.6. The molecule has 1 aliphatic rings. The van der Waals surface area contributed by atoms with Crippen LogP contribution in [0.4, 0.5) is 5.69 Å². The summed E-state index contributed by atoms with van der Waals surface area (Å²) in [4.78, 5) is 16.0. The first-order chi connectivity index (χ1) is 8.20. The van der Waals surface area contributed by atoms with Crippen molar-refractivity contribution >= 4 is 61.6 Å². The Morgan fingerprint density at radius 2 is 2.35 bits per heavy atom. The minimum atomic E-state index is -0.456. The summed E-state index contributed by atoms with van der Waals surface area (Å²) in [5.41, 5.74) is 0.426. The molecule has 1 aliphatic heterocycles. The third-order valence-corrected chi connectivity index (χ3v) is 5.36. The van der Waals surface area contributed by atoms with Crippen LogP contribution in [0.1, 0.15) is 9.67 Å². The normalized spacial score (nSPS) is 14.5. The molecular formula is C9H5N2O3S3-. The van der Waals surface area contributed by atoms with Gasteiger partial charge < -0.3 is 9.84 Å². The van der Waals surface area contributed by atoms with Gasteiger partial charge in [-0.25, -0.2) is 4.79 Å². The quantitative estimate of drug-likeness (QED) is 0.745. The van der Waals surface area contributed by atoms with Crippen molar-refractivity contribution in [2.24, 2.45) is 4.99 Å². The van der Waals surface area contributed by atoms with Crippen LogP contribution in [0.2, 0.25) is 0 Å². The van der Waals surface area contributed by atoms with Gasteiger partial charge in [-0.05, 0) is 17.4 Å². The van der Waals surface area contributed by atoms with E-state index in [0.29, 0.717) is 10.6 Å². The first-order valence-electron chi connectivity index (χ1n) is 4.58. The van der Waals surface area contributed by atoms with Crippen molar-refractivity contribution in [2.75, 3.05) is 12.9 Å². The van der Waals surface area contributed by atoms with E-state index in [4.69, 9.17) is 4.74 Å². The van der Waals surface area contributed by atoms with Crippen molar-refractivity contribution < 1.29 is 14.6 Å². The molecule has 0 radical (unpaired) electrons. The van der Waals surface area contributed by atoms with Gasteiger partial charge in [0.15, 0.2) is 0 Å². The Hall–Kier alpha value is -1.12. The van der Waals surface area contributed by atoms with Crippen LogP contribution < -0.4 is 5.11 Å². The number of thioether (sulfide) groups is 1. The highest BCUT2D eigenvalue weighted by atomic mass is 32.2. The second-order valence-corrected chi connectivity index (χ2v) is 6.23. The maximum absolute atomic E-state index is 11.6. The van der Waals surface area contributed by atoms with Crippen LogP contribution in [-0.2, 0) is 4.74 Å². The van der Waals surface area contributed by atoms with Gasteiger partial charge in [-0.15, -0.1) is 11.3 Å². The van der Waals surface area contributed by atoms with E-state index in [1.54, 1.807) is 0 Å². The topological polar surface area (TPSA) is 74.6 Å². The Labute approximate surface area is 108 Å². The zero-order valence-corrected chi connectivity index (χ0v) is 11.0. The smallest absolute Gasteiger partial charge is 0.350 e. The van der Waals surface area contributed by atoms with Crippen molar-refractivity contribution in [2.45, 2.75) is 5.03 Å². The summed E-state index contributed by atoms with van der Waals surface area (Å²) < 4.78 is 9.86. The monoisotopic (exact) mass is 285 g/mol. The zero-order chi connectivity index (χ0) is 12.0. The molecule has 0 N–H and O–H groups in total. The van der Waals surface area contributed by atoms with Crippen LogP contribution in [-0.4, -0.2) is 29.1 Å². The van der Waals surface area contributed by atoms with E-state index in [1.807, 2.05) is 0 Å². The lowest BCUT2D eigenvalue weighted by molar-refractivity contribution is -0.214. The number of rotatable bonds is 1. The third-order valence-electron chi connectivity index (χ3n) is 2.22. The number of thiophene rings is 1. The van der Waals surface area contributed by atoms with Crippen molar-refractivity contribution in [3.63, 3.8) is 0 Å². The van der Waals surface area contributed by atoms with Gasteiger partial charge in [0.25, 0.3) is 0 Å². The van der Waals surface area contributed by atoms with E-state index in [9.17, 15) is 9.90 Å². The van der Waals surface area contributed by atoms with Crippen LogP contribution in [0.25, 0.3) is 9.40 Å². The molecule has 0 saturated heterocycles. The molecule has 3 heterocycles. The average molecular weight is 285 g/mol. The number of methoxy groups -OCH3 is 1. The molecule has 0 amide bonds. The summed E-state index contributed by atoms with van der Waals surface area (Å²) in [5.74, 6) is -0.440. The Balaban J connectivity index is 2.33. The molecule has 0 fully saturated rings. The summed E-state index contributed by atoms with van der Waals surface area (Å²) in [5, 5.41) is 13.1. The predicted molar refractivity (Wildman–Crippen MR) is 66.7 cm³/mol. The fraction of sp³-hybridized carbons (Fsp3) is 0.222. The lowest BCUT2D eigenvalue weighted by Crippen LogP contribution is -2.19. The minimum Gasteiger partial charge on any atom is -0.861 e. The molecule has 0 atom stereocenters. The standard InChI is InChI=1S/C9H6N2O3S3/c1-14-8(13)6-5-4-7(11-17-9(4)16-6)15-2-3(12)10-5/h2H2,1H3,(H,10,12)/p-1.